The number of nitrogens with zero attached hydrogens (tertiary/aromatic N) is 3. The van der Waals surface area contributed by atoms with Gasteiger partial charge in [0, 0.05) is 37.4 Å². The van der Waals surface area contributed by atoms with Crippen LogP contribution in [0.4, 0.5) is 5.69 Å². The van der Waals surface area contributed by atoms with E-state index in [1.807, 2.05) is 44.2 Å². The molecule has 266 valence electrons. The summed E-state index contributed by atoms with van der Waals surface area (Å²) in [6.07, 6.45) is -1.09. The number of morpholine rings is 1. The fourth-order valence-electron chi connectivity index (χ4n) is 5.76. The fourth-order valence-corrected chi connectivity index (χ4v) is 7.38. The number of rotatable bonds is 16. The molecule has 1 saturated heterocycles. The first-order valence-electron chi connectivity index (χ1n) is 16.5. The third kappa shape index (κ3) is 10.5. The summed E-state index contributed by atoms with van der Waals surface area (Å²) >= 11 is 0. The highest BCUT2D eigenvalue weighted by Gasteiger charge is 2.32. The van der Waals surface area contributed by atoms with Gasteiger partial charge < -0.3 is 35.2 Å². The minimum atomic E-state index is -4.04. The van der Waals surface area contributed by atoms with E-state index < -0.39 is 28.1 Å². The molecular weight excluding hydrogens is 648 g/mol. The first-order chi connectivity index (χ1) is 23.4. The summed E-state index contributed by atoms with van der Waals surface area (Å²) in [5.74, 6) is -0.725. The second-order valence-electron chi connectivity index (χ2n) is 12.7. The first-order valence-corrected chi connectivity index (χ1v) is 17.9. The van der Waals surface area contributed by atoms with Crippen molar-refractivity contribution in [3.63, 3.8) is 0 Å². The molecule has 3 aromatic carbocycles. The molecule has 0 saturated carbocycles. The van der Waals surface area contributed by atoms with Crippen LogP contribution in [0.3, 0.4) is 0 Å². The molecule has 0 spiro atoms. The van der Waals surface area contributed by atoms with E-state index >= 15 is 0 Å². The van der Waals surface area contributed by atoms with Crippen LogP contribution in [0.2, 0.25) is 0 Å². The molecule has 0 aromatic heterocycles. The normalized spacial score (nSPS) is 14.9. The number of amides is 2. The highest BCUT2D eigenvalue weighted by molar-refractivity contribution is 7.89. The maximum absolute atomic E-state index is 13.8. The van der Waals surface area contributed by atoms with Crippen molar-refractivity contribution < 1.29 is 38.1 Å². The SMILES string of the molecule is Cc1c(O)cccc1N(CC(=O)N[C@@H](Cc1ccccc1)[C@H](O)CN(CC(C)C)S(=O)(=O)c1ccc(CO)cc1)CC(=O)N1CCOCC1. The quantitative estimate of drug-likeness (QED) is 0.176. The van der Waals surface area contributed by atoms with Gasteiger partial charge in [0.15, 0.2) is 0 Å². The zero-order chi connectivity index (χ0) is 35.6. The molecule has 1 heterocycles. The number of phenols is 1. The fraction of sp³-hybridized carbons (Fsp3) is 0.444. The molecule has 3 aromatic rings. The average molecular weight is 697 g/mol. The van der Waals surface area contributed by atoms with Crippen molar-refractivity contribution in [1.82, 2.24) is 14.5 Å². The van der Waals surface area contributed by atoms with E-state index in [9.17, 15) is 33.3 Å². The Labute approximate surface area is 289 Å². The summed E-state index contributed by atoms with van der Waals surface area (Å²) in [6, 6.07) is 19.2. The van der Waals surface area contributed by atoms with Gasteiger partial charge in [-0.3, -0.25) is 9.59 Å². The van der Waals surface area contributed by atoms with Gasteiger partial charge in [-0.2, -0.15) is 4.31 Å². The maximum atomic E-state index is 13.8. The molecule has 12 nitrogen and oxygen atoms in total. The van der Waals surface area contributed by atoms with E-state index in [2.05, 4.69) is 5.32 Å². The monoisotopic (exact) mass is 696 g/mol. The second-order valence-corrected chi connectivity index (χ2v) is 14.7. The van der Waals surface area contributed by atoms with Crippen molar-refractivity contribution in [2.45, 2.75) is 50.8 Å². The Morgan fingerprint density at radius 2 is 1.59 bits per heavy atom. The lowest BCUT2D eigenvalue weighted by atomic mass is 10.0. The first kappa shape index (κ1) is 37.8. The standard InChI is InChI=1S/C36H48N4O8S/c1-26(2)21-40(49(46,47)30-14-12-29(25-41)13-15-30)22-34(43)31(20-28-8-5-4-6-9-28)37-35(44)23-39(32-10-7-11-33(42)27(32)3)24-36(45)38-16-18-48-19-17-38/h4-15,26,31,34,41-43H,16-25H2,1-3H3,(H,37,44)/t31-,34+/m0/s1. The van der Waals surface area contributed by atoms with Crippen LogP contribution in [0, 0.1) is 12.8 Å². The molecule has 1 aliphatic rings. The molecule has 4 rings (SSSR count). The Bertz CT molecular complexity index is 1630. The van der Waals surface area contributed by atoms with E-state index in [1.54, 1.807) is 41.0 Å². The second kappa shape index (κ2) is 17.6. The molecule has 2 amide bonds. The number of sulfonamides is 1. The summed E-state index contributed by atoms with van der Waals surface area (Å²) in [6.45, 7) is 6.41. The number of aliphatic hydroxyl groups excluding tert-OH is 2. The number of ether oxygens (including phenoxy) is 1. The molecule has 4 N–H and O–H groups in total. The molecule has 0 unspecified atom stereocenters. The Balaban J connectivity index is 1.59. The van der Waals surface area contributed by atoms with Crippen LogP contribution in [-0.4, -0.2) is 109 Å². The number of hydrogen-bond donors (Lipinski definition) is 4. The van der Waals surface area contributed by atoms with Crippen LogP contribution >= 0.6 is 0 Å². The summed E-state index contributed by atoms with van der Waals surface area (Å²) in [7, 11) is -4.04. The molecule has 0 radical (unpaired) electrons. The average Bonchev–Trinajstić information content (AvgIpc) is 3.09. The number of benzene rings is 3. The molecule has 2 atom stereocenters. The molecule has 1 fully saturated rings. The van der Waals surface area contributed by atoms with Crippen LogP contribution in [0.1, 0.15) is 30.5 Å². The van der Waals surface area contributed by atoms with Crippen molar-refractivity contribution >= 4 is 27.5 Å². The Kier molecular flexibility index (Phi) is 13.6. The maximum Gasteiger partial charge on any atom is 0.243 e. The molecule has 49 heavy (non-hydrogen) atoms. The van der Waals surface area contributed by atoms with Gasteiger partial charge in [0.25, 0.3) is 0 Å². The van der Waals surface area contributed by atoms with Crippen LogP contribution < -0.4 is 10.2 Å². The van der Waals surface area contributed by atoms with Gasteiger partial charge in [-0.15, -0.1) is 0 Å². The van der Waals surface area contributed by atoms with Crippen LogP contribution in [-0.2, 0) is 37.4 Å². The van der Waals surface area contributed by atoms with Gasteiger partial charge in [-0.25, -0.2) is 8.42 Å². The summed E-state index contributed by atoms with van der Waals surface area (Å²) in [5.41, 5.74) is 2.42. The topological polar surface area (TPSA) is 160 Å². The third-order valence-electron chi connectivity index (χ3n) is 8.45. The van der Waals surface area contributed by atoms with Crippen LogP contribution in [0.25, 0.3) is 0 Å². The van der Waals surface area contributed by atoms with Gasteiger partial charge in [-0.1, -0.05) is 62.4 Å². The van der Waals surface area contributed by atoms with E-state index in [0.717, 1.165) is 5.56 Å². The van der Waals surface area contributed by atoms with E-state index in [1.165, 1.54) is 22.5 Å². The third-order valence-corrected chi connectivity index (χ3v) is 10.3. The van der Waals surface area contributed by atoms with Gasteiger partial charge in [0.2, 0.25) is 21.8 Å². The minimum Gasteiger partial charge on any atom is -0.508 e. The lowest BCUT2D eigenvalue weighted by molar-refractivity contribution is -0.133. The van der Waals surface area contributed by atoms with Gasteiger partial charge >= 0.3 is 0 Å². The summed E-state index contributed by atoms with van der Waals surface area (Å²) in [5, 5.41) is 34.4. The number of aliphatic hydroxyl groups is 2. The Morgan fingerprint density at radius 1 is 0.918 bits per heavy atom. The number of carbonyl (C=O) groups excluding carboxylic acids is 2. The smallest absolute Gasteiger partial charge is 0.243 e. The zero-order valence-corrected chi connectivity index (χ0v) is 29.2. The van der Waals surface area contributed by atoms with Crippen molar-refractivity contribution in [3.05, 3.63) is 89.5 Å². The van der Waals surface area contributed by atoms with Crippen LogP contribution in [0.5, 0.6) is 5.75 Å². The predicted molar refractivity (Wildman–Crippen MR) is 187 cm³/mol. The summed E-state index contributed by atoms with van der Waals surface area (Å²) < 4.78 is 34.2. The number of anilines is 1. The van der Waals surface area contributed by atoms with E-state index in [-0.39, 0.29) is 61.7 Å². The lowest BCUT2D eigenvalue weighted by Crippen LogP contribution is -2.53. The number of nitrogens with one attached hydrogen (secondary N) is 1. The lowest BCUT2D eigenvalue weighted by Gasteiger charge is -2.33. The van der Waals surface area contributed by atoms with Gasteiger partial charge in [0.05, 0.1) is 50.0 Å². The van der Waals surface area contributed by atoms with Crippen molar-refractivity contribution in [2.75, 3.05) is 57.4 Å². The zero-order valence-electron chi connectivity index (χ0n) is 28.4. The van der Waals surface area contributed by atoms with E-state index in [0.29, 0.717) is 43.1 Å². The highest BCUT2D eigenvalue weighted by atomic mass is 32.2. The number of carbonyl (C=O) groups is 2. The Hall–Kier alpha value is -4.01. The molecule has 0 aliphatic carbocycles. The van der Waals surface area contributed by atoms with E-state index in [4.69, 9.17) is 4.74 Å². The molecular formula is C36H48N4O8S. The molecule has 1 aliphatic heterocycles. The van der Waals surface area contributed by atoms with Crippen LogP contribution in [0.15, 0.2) is 77.7 Å². The Morgan fingerprint density at radius 3 is 2.22 bits per heavy atom. The van der Waals surface area contributed by atoms with Gasteiger partial charge in [0.1, 0.15) is 5.75 Å². The summed E-state index contributed by atoms with van der Waals surface area (Å²) in [4.78, 5) is 30.4. The van der Waals surface area contributed by atoms with Gasteiger partial charge in [-0.05, 0) is 54.7 Å². The van der Waals surface area contributed by atoms with Crippen molar-refractivity contribution in [3.8, 4) is 5.75 Å². The highest BCUT2D eigenvalue weighted by Crippen LogP contribution is 2.28. The van der Waals surface area contributed by atoms with Crippen molar-refractivity contribution in [2.24, 2.45) is 5.92 Å². The number of phenolic OH excluding ortho intramolecular Hbond substituents is 1. The number of aromatic hydroxyl groups is 1. The van der Waals surface area contributed by atoms with Crippen molar-refractivity contribution in [1.29, 1.82) is 0 Å². The molecule has 0 bridgehead atoms. The predicted octanol–water partition coefficient (Wildman–Crippen LogP) is 2.29. The number of hydrogen-bond acceptors (Lipinski definition) is 9. The molecule has 13 heteroatoms. The minimum absolute atomic E-state index is 0.0246. The largest absolute Gasteiger partial charge is 0.508 e.